The number of hydrogen-bond donors (Lipinski definition) is 0. The van der Waals surface area contributed by atoms with E-state index in [1.165, 1.54) is 7.11 Å². The molecule has 138 valence electrons. The summed E-state index contributed by atoms with van der Waals surface area (Å²) in [6.45, 7) is 2.37. The molecule has 1 heterocycles. The van der Waals surface area contributed by atoms with E-state index in [0.29, 0.717) is 24.3 Å². The van der Waals surface area contributed by atoms with E-state index >= 15 is 0 Å². The molecule has 0 aliphatic carbocycles. The maximum absolute atomic E-state index is 12.8. The van der Waals surface area contributed by atoms with E-state index in [-0.39, 0.29) is 5.92 Å². The fraction of sp³-hybridized carbons (Fsp3) is 0.381. The Morgan fingerprint density at radius 3 is 2.50 bits per heavy atom. The van der Waals surface area contributed by atoms with Crippen LogP contribution in [-0.4, -0.2) is 33.9 Å². The highest BCUT2D eigenvalue weighted by Crippen LogP contribution is 2.48. The summed E-state index contributed by atoms with van der Waals surface area (Å²) >= 11 is 0. The van der Waals surface area contributed by atoms with Gasteiger partial charge in [0.05, 0.1) is 27.9 Å². The van der Waals surface area contributed by atoms with Crippen LogP contribution in [0.3, 0.4) is 0 Å². The summed E-state index contributed by atoms with van der Waals surface area (Å²) in [6, 6.07) is 13.5. The lowest BCUT2D eigenvalue weighted by Crippen LogP contribution is -2.36. The van der Waals surface area contributed by atoms with Crippen molar-refractivity contribution in [1.29, 1.82) is 0 Å². The zero-order valence-electron chi connectivity index (χ0n) is 15.6. The van der Waals surface area contributed by atoms with Crippen LogP contribution in [0.2, 0.25) is 0 Å². The molecule has 5 nitrogen and oxygen atoms in total. The minimum Gasteiger partial charge on any atom is -0.496 e. The standard InChI is InChI=1S/C21H24O5/c1-14-9-10-19(24-3)17(11-14)21(20(22)25-4)12-15(13-26-21)16-7-5-6-8-18(16)23-2/h5-11,15H,12-13H2,1-4H3/t15-,21+/m0/s1. The van der Waals surface area contributed by atoms with Gasteiger partial charge in [0.2, 0.25) is 0 Å². The average molecular weight is 356 g/mol. The third kappa shape index (κ3) is 3.03. The number of ether oxygens (including phenoxy) is 4. The van der Waals surface area contributed by atoms with E-state index in [0.717, 1.165) is 16.9 Å². The molecular weight excluding hydrogens is 332 g/mol. The van der Waals surface area contributed by atoms with Gasteiger partial charge in [0.1, 0.15) is 11.5 Å². The van der Waals surface area contributed by atoms with Gasteiger partial charge in [-0.3, -0.25) is 0 Å². The van der Waals surface area contributed by atoms with E-state index in [4.69, 9.17) is 18.9 Å². The van der Waals surface area contributed by atoms with Gasteiger partial charge in [0.15, 0.2) is 5.60 Å². The number of aryl methyl sites for hydroxylation is 1. The predicted molar refractivity (Wildman–Crippen MR) is 97.7 cm³/mol. The van der Waals surface area contributed by atoms with Crippen LogP contribution in [0.1, 0.15) is 29.0 Å². The average Bonchev–Trinajstić information content (AvgIpc) is 3.13. The second-order valence-electron chi connectivity index (χ2n) is 6.48. The number of carbonyl (C=O) groups excluding carboxylic acids is 1. The number of carbonyl (C=O) groups is 1. The number of benzene rings is 2. The molecule has 0 bridgehead atoms. The number of rotatable bonds is 5. The number of methoxy groups -OCH3 is 3. The fourth-order valence-corrected chi connectivity index (χ4v) is 3.65. The molecule has 3 rings (SSSR count). The Balaban J connectivity index is 2.07. The van der Waals surface area contributed by atoms with Gasteiger partial charge in [-0.05, 0) is 30.7 Å². The lowest BCUT2D eigenvalue weighted by Gasteiger charge is -2.28. The molecule has 0 unspecified atom stereocenters. The summed E-state index contributed by atoms with van der Waals surface area (Å²) in [5, 5.41) is 0. The first-order valence-corrected chi connectivity index (χ1v) is 8.56. The molecule has 0 spiro atoms. The van der Waals surface area contributed by atoms with Gasteiger partial charge in [0.25, 0.3) is 0 Å². The first kappa shape index (κ1) is 18.3. The zero-order chi connectivity index (χ0) is 18.7. The summed E-state index contributed by atoms with van der Waals surface area (Å²) in [7, 11) is 4.61. The maximum atomic E-state index is 12.8. The van der Waals surface area contributed by atoms with Crippen LogP contribution >= 0.6 is 0 Å². The Kier molecular flexibility index (Phi) is 5.18. The Morgan fingerprint density at radius 1 is 1.08 bits per heavy atom. The Morgan fingerprint density at radius 2 is 1.81 bits per heavy atom. The van der Waals surface area contributed by atoms with Gasteiger partial charge in [-0.2, -0.15) is 0 Å². The van der Waals surface area contributed by atoms with Gasteiger partial charge in [0, 0.05) is 17.9 Å². The minimum atomic E-state index is -1.20. The molecule has 0 saturated carbocycles. The molecule has 1 aliphatic rings. The molecule has 26 heavy (non-hydrogen) atoms. The molecule has 2 aromatic carbocycles. The van der Waals surface area contributed by atoms with E-state index in [1.54, 1.807) is 14.2 Å². The van der Waals surface area contributed by atoms with Crippen molar-refractivity contribution in [3.05, 3.63) is 59.2 Å². The minimum absolute atomic E-state index is 0.00969. The molecule has 0 aromatic heterocycles. The normalized spacial score (nSPS) is 22.1. The lowest BCUT2D eigenvalue weighted by molar-refractivity contribution is -0.165. The molecule has 0 radical (unpaired) electrons. The zero-order valence-corrected chi connectivity index (χ0v) is 15.6. The van der Waals surface area contributed by atoms with Gasteiger partial charge in [-0.15, -0.1) is 0 Å². The first-order valence-electron chi connectivity index (χ1n) is 8.56. The van der Waals surface area contributed by atoms with Gasteiger partial charge in [-0.25, -0.2) is 4.79 Å². The SMILES string of the molecule is COC(=O)[C@]1(c2cc(C)ccc2OC)C[C@H](c2ccccc2OC)CO1. The number of esters is 1. The van der Waals surface area contributed by atoms with E-state index in [2.05, 4.69) is 0 Å². The first-order chi connectivity index (χ1) is 12.6. The van der Waals surface area contributed by atoms with E-state index in [1.807, 2.05) is 49.4 Å². The molecule has 5 heteroatoms. The third-order valence-corrected chi connectivity index (χ3v) is 4.95. The van der Waals surface area contributed by atoms with Crippen LogP contribution in [0.4, 0.5) is 0 Å². The largest absolute Gasteiger partial charge is 0.496 e. The van der Waals surface area contributed by atoms with Crippen LogP contribution in [0.5, 0.6) is 11.5 Å². The summed E-state index contributed by atoms with van der Waals surface area (Å²) in [5.74, 6) is 0.994. The molecule has 1 fully saturated rings. The molecule has 2 atom stereocenters. The van der Waals surface area contributed by atoms with Crippen LogP contribution in [0.15, 0.2) is 42.5 Å². The van der Waals surface area contributed by atoms with Crippen molar-refractivity contribution < 1.29 is 23.7 Å². The molecular formula is C21H24O5. The van der Waals surface area contributed by atoms with Crippen molar-refractivity contribution in [2.24, 2.45) is 0 Å². The second kappa shape index (κ2) is 7.38. The Hall–Kier alpha value is -2.53. The second-order valence-corrected chi connectivity index (χ2v) is 6.48. The van der Waals surface area contributed by atoms with Crippen molar-refractivity contribution in [3.63, 3.8) is 0 Å². The molecule has 0 N–H and O–H groups in total. The molecule has 2 aromatic rings. The highest BCUT2D eigenvalue weighted by Gasteiger charge is 2.51. The van der Waals surface area contributed by atoms with Crippen LogP contribution in [0.25, 0.3) is 0 Å². The maximum Gasteiger partial charge on any atom is 0.343 e. The van der Waals surface area contributed by atoms with E-state index in [9.17, 15) is 4.79 Å². The van der Waals surface area contributed by atoms with Crippen LogP contribution in [0, 0.1) is 6.92 Å². The summed E-state index contributed by atoms with van der Waals surface area (Å²) in [6.07, 6.45) is 0.458. The molecule has 1 saturated heterocycles. The summed E-state index contributed by atoms with van der Waals surface area (Å²) in [4.78, 5) is 12.8. The van der Waals surface area contributed by atoms with Crippen molar-refractivity contribution >= 4 is 5.97 Å². The monoisotopic (exact) mass is 356 g/mol. The number of hydrogen-bond acceptors (Lipinski definition) is 5. The van der Waals surface area contributed by atoms with E-state index < -0.39 is 11.6 Å². The van der Waals surface area contributed by atoms with Crippen molar-refractivity contribution in [3.8, 4) is 11.5 Å². The van der Waals surface area contributed by atoms with Crippen molar-refractivity contribution in [2.45, 2.75) is 24.9 Å². The van der Waals surface area contributed by atoms with Crippen molar-refractivity contribution in [2.75, 3.05) is 27.9 Å². The predicted octanol–water partition coefficient (Wildman–Crippen LogP) is 3.58. The summed E-state index contributed by atoms with van der Waals surface area (Å²) < 4.78 is 22.2. The molecule has 1 aliphatic heterocycles. The van der Waals surface area contributed by atoms with Crippen LogP contribution < -0.4 is 9.47 Å². The molecule has 0 amide bonds. The lowest BCUT2D eigenvalue weighted by atomic mass is 9.83. The van der Waals surface area contributed by atoms with Crippen LogP contribution in [-0.2, 0) is 19.9 Å². The summed E-state index contributed by atoms with van der Waals surface area (Å²) in [5.41, 5.74) is 1.54. The smallest absolute Gasteiger partial charge is 0.343 e. The quantitative estimate of drug-likeness (QED) is 0.767. The third-order valence-electron chi connectivity index (χ3n) is 4.95. The van der Waals surface area contributed by atoms with Gasteiger partial charge in [-0.1, -0.05) is 29.8 Å². The highest BCUT2D eigenvalue weighted by atomic mass is 16.6. The van der Waals surface area contributed by atoms with Gasteiger partial charge < -0.3 is 18.9 Å². The Bertz CT molecular complexity index is 801. The van der Waals surface area contributed by atoms with Crippen molar-refractivity contribution in [1.82, 2.24) is 0 Å². The fourth-order valence-electron chi connectivity index (χ4n) is 3.65. The topological polar surface area (TPSA) is 54.0 Å². The number of para-hydroxylation sites is 1. The highest BCUT2D eigenvalue weighted by molar-refractivity contribution is 5.83. The van der Waals surface area contributed by atoms with Gasteiger partial charge >= 0.3 is 5.97 Å². The Labute approximate surface area is 153 Å².